The van der Waals surface area contributed by atoms with Crippen LogP contribution in [0.25, 0.3) is 27.6 Å². The summed E-state index contributed by atoms with van der Waals surface area (Å²) in [5, 5.41) is 3.38. The summed E-state index contributed by atoms with van der Waals surface area (Å²) in [5.41, 5.74) is 2.69. The molecule has 1 N–H and O–H groups in total. The predicted molar refractivity (Wildman–Crippen MR) is 110 cm³/mol. The molecule has 4 aromatic rings. The number of pyridine rings is 2. The Balaban J connectivity index is 1.72. The molecule has 0 amide bonds. The number of halogens is 1. The quantitative estimate of drug-likeness (QED) is 0.573. The van der Waals surface area contributed by atoms with Crippen molar-refractivity contribution in [1.82, 2.24) is 24.8 Å². The molecular formula is C19H17ClN6S. The SMILES string of the molecule is Clc1ccc(-c2nc3ccc(N4CCNCC4)nc3n2-c2ccncc2)s1. The number of fused-ring (bicyclic) bond motifs is 1. The zero-order chi connectivity index (χ0) is 18.2. The van der Waals surface area contributed by atoms with Gasteiger partial charge in [0, 0.05) is 38.6 Å². The molecule has 1 fully saturated rings. The fourth-order valence-corrected chi connectivity index (χ4v) is 4.38. The van der Waals surface area contributed by atoms with Gasteiger partial charge in [-0.2, -0.15) is 0 Å². The van der Waals surface area contributed by atoms with E-state index < -0.39 is 0 Å². The summed E-state index contributed by atoms with van der Waals surface area (Å²) in [6.07, 6.45) is 3.57. The first-order chi connectivity index (χ1) is 13.3. The largest absolute Gasteiger partial charge is 0.354 e. The number of nitrogens with zero attached hydrogens (tertiary/aromatic N) is 5. The highest BCUT2D eigenvalue weighted by Gasteiger charge is 2.19. The van der Waals surface area contributed by atoms with Gasteiger partial charge in [0.25, 0.3) is 0 Å². The highest BCUT2D eigenvalue weighted by Crippen LogP contribution is 2.34. The number of piperazine rings is 1. The molecule has 5 heterocycles. The first-order valence-electron chi connectivity index (χ1n) is 8.81. The topological polar surface area (TPSA) is 58.9 Å². The minimum Gasteiger partial charge on any atom is -0.354 e. The lowest BCUT2D eigenvalue weighted by Crippen LogP contribution is -2.43. The highest BCUT2D eigenvalue weighted by atomic mass is 35.5. The molecule has 136 valence electrons. The minimum absolute atomic E-state index is 0.743. The molecule has 0 aliphatic carbocycles. The Bertz CT molecular complexity index is 1080. The maximum Gasteiger partial charge on any atom is 0.167 e. The van der Waals surface area contributed by atoms with Crippen molar-refractivity contribution in [3.63, 3.8) is 0 Å². The van der Waals surface area contributed by atoms with Gasteiger partial charge in [-0.15, -0.1) is 11.3 Å². The van der Waals surface area contributed by atoms with E-state index in [0.29, 0.717) is 0 Å². The molecule has 1 aliphatic heterocycles. The molecule has 0 bridgehead atoms. The van der Waals surface area contributed by atoms with Crippen molar-refractivity contribution in [3.05, 3.63) is 53.1 Å². The van der Waals surface area contributed by atoms with E-state index in [1.54, 1.807) is 12.4 Å². The molecule has 0 spiro atoms. The average molecular weight is 397 g/mol. The molecule has 27 heavy (non-hydrogen) atoms. The summed E-state index contributed by atoms with van der Waals surface area (Å²) >= 11 is 7.69. The van der Waals surface area contributed by atoms with Crippen LogP contribution in [0.2, 0.25) is 4.34 Å². The lowest BCUT2D eigenvalue weighted by atomic mass is 10.3. The van der Waals surface area contributed by atoms with E-state index in [2.05, 4.69) is 31.9 Å². The van der Waals surface area contributed by atoms with Gasteiger partial charge in [-0.05, 0) is 36.4 Å². The van der Waals surface area contributed by atoms with E-state index in [9.17, 15) is 0 Å². The highest BCUT2D eigenvalue weighted by molar-refractivity contribution is 7.19. The first kappa shape index (κ1) is 16.7. The molecule has 5 rings (SSSR count). The van der Waals surface area contributed by atoms with Crippen molar-refractivity contribution < 1.29 is 0 Å². The molecule has 0 radical (unpaired) electrons. The molecule has 0 saturated carbocycles. The number of nitrogens with one attached hydrogen (secondary N) is 1. The molecule has 8 heteroatoms. The molecule has 1 saturated heterocycles. The summed E-state index contributed by atoms with van der Waals surface area (Å²) in [7, 11) is 0. The fraction of sp³-hybridized carbons (Fsp3) is 0.211. The van der Waals surface area contributed by atoms with Gasteiger partial charge in [0.2, 0.25) is 0 Å². The van der Waals surface area contributed by atoms with Crippen LogP contribution in [0, 0.1) is 0 Å². The molecule has 4 aromatic heterocycles. The number of thiophene rings is 1. The lowest BCUT2D eigenvalue weighted by molar-refractivity contribution is 0.585. The third-order valence-corrected chi connectivity index (χ3v) is 5.87. The van der Waals surface area contributed by atoms with Crippen LogP contribution in [-0.4, -0.2) is 45.7 Å². The molecule has 0 atom stereocenters. The van der Waals surface area contributed by atoms with Gasteiger partial charge >= 0.3 is 0 Å². The third-order valence-electron chi connectivity index (χ3n) is 4.65. The first-order valence-corrected chi connectivity index (χ1v) is 10.0. The van der Waals surface area contributed by atoms with E-state index in [1.165, 1.54) is 11.3 Å². The maximum atomic E-state index is 6.18. The van der Waals surface area contributed by atoms with Gasteiger partial charge in [-0.3, -0.25) is 9.55 Å². The van der Waals surface area contributed by atoms with Crippen LogP contribution in [0.4, 0.5) is 5.82 Å². The van der Waals surface area contributed by atoms with Gasteiger partial charge in [0.05, 0.1) is 14.9 Å². The maximum absolute atomic E-state index is 6.18. The van der Waals surface area contributed by atoms with E-state index in [4.69, 9.17) is 21.6 Å². The van der Waals surface area contributed by atoms with E-state index in [1.807, 2.05) is 24.3 Å². The predicted octanol–water partition coefficient (Wildman–Crippen LogP) is 3.61. The van der Waals surface area contributed by atoms with Crippen LogP contribution in [-0.2, 0) is 0 Å². The Kier molecular flexibility index (Phi) is 4.27. The lowest BCUT2D eigenvalue weighted by Gasteiger charge is -2.28. The summed E-state index contributed by atoms with van der Waals surface area (Å²) in [6.45, 7) is 3.86. The minimum atomic E-state index is 0.743. The number of rotatable bonds is 3. The Morgan fingerprint density at radius 3 is 2.52 bits per heavy atom. The Morgan fingerprint density at radius 1 is 0.963 bits per heavy atom. The normalized spacial score (nSPS) is 14.8. The fourth-order valence-electron chi connectivity index (χ4n) is 3.35. The number of aromatic nitrogens is 4. The monoisotopic (exact) mass is 396 g/mol. The molecular weight excluding hydrogens is 380 g/mol. The van der Waals surface area contributed by atoms with Crippen molar-refractivity contribution in [2.75, 3.05) is 31.1 Å². The number of anilines is 1. The van der Waals surface area contributed by atoms with E-state index >= 15 is 0 Å². The van der Waals surface area contributed by atoms with Crippen LogP contribution in [0.5, 0.6) is 0 Å². The smallest absolute Gasteiger partial charge is 0.167 e. The molecule has 0 unspecified atom stereocenters. The Hall–Kier alpha value is -2.48. The van der Waals surface area contributed by atoms with Crippen LogP contribution in [0.3, 0.4) is 0 Å². The van der Waals surface area contributed by atoms with Crippen molar-refractivity contribution in [2.24, 2.45) is 0 Å². The van der Waals surface area contributed by atoms with Crippen molar-refractivity contribution >= 4 is 39.9 Å². The summed E-state index contributed by atoms with van der Waals surface area (Å²) < 4.78 is 2.83. The Morgan fingerprint density at radius 2 is 1.78 bits per heavy atom. The van der Waals surface area contributed by atoms with Crippen LogP contribution in [0.15, 0.2) is 48.8 Å². The average Bonchev–Trinajstić information content (AvgIpc) is 3.32. The van der Waals surface area contributed by atoms with Gasteiger partial charge < -0.3 is 10.2 Å². The molecule has 1 aliphatic rings. The second-order valence-corrected chi connectivity index (χ2v) is 8.04. The summed E-state index contributed by atoms with van der Waals surface area (Å²) in [5.74, 6) is 1.83. The van der Waals surface area contributed by atoms with Gasteiger partial charge in [-0.25, -0.2) is 9.97 Å². The molecule has 0 aromatic carbocycles. The van der Waals surface area contributed by atoms with Gasteiger partial charge in [0.1, 0.15) is 11.3 Å². The van der Waals surface area contributed by atoms with Gasteiger partial charge in [0.15, 0.2) is 11.5 Å². The van der Waals surface area contributed by atoms with Crippen LogP contribution in [0.1, 0.15) is 0 Å². The standard InChI is InChI=1S/C19H17ClN6S/c20-16-3-2-15(27-16)19-23-14-1-4-17(25-11-9-22-10-12-25)24-18(14)26(19)13-5-7-21-8-6-13/h1-8,22H,9-12H2. The van der Waals surface area contributed by atoms with Crippen molar-refractivity contribution in [3.8, 4) is 16.4 Å². The summed E-state index contributed by atoms with van der Waals surface area (Å²) in [6, 6.07) is 12.0. The number of hydrogen-bond donors (Lipinski definition) is 1. The third kappa shape index (κ3) is 3.07. The second kappa shape index (κ2) is 6.92. The van der Waals surface area contributed by atoms with Gasteiger partial charge in [-0.1, -0.05) is 11.6 Å². The number of hydrogen-bond acceptors (Lipinski definition) is 6. The Labute approximate surface area is 165 Å². The van der Waals surface area contributed by atoms with E-state index in [-0.39, 0.29) is 0 Å². The van der Waals surface area contributed by atoms with Crippen molar-refractivity contribution in [1.29, 1.82) is 0 Å². The second-order valence-electron chi connectivity index (χ2n) is 6.33. The van der Waals surface area contributed by atoms with Crippen molar-refractivity contribution in [2.45, 2.75) is 0 Å². The van der Waals surface area contributed by atoms with Crippen LogP contribution >= 0.6 is 22.9 Å². The zero-order valence-corrected chi connectivity index (χ0v) is 16.0. The summed E-state index contributed by atoms with van der Waals surface area (Å²) in [4.78, 5) is 17.3. The zero-order valence-electron chi connectivity index (χ0n) is 14.5. The van der Waals surface area contributed by atoms with Crippen LogP contribution < -0.4 is 10.2 Å². The molecule has 6 nitrogen and oxygen atoms in total. The van der Waals surface area contributed by atoms with E-state index in [0.717, 1.165) is 63.9 Å². The number of imidazole rings is 1.